The molecule has 0 saturated heterocycles. The van der Waals surface area contributed by atoms with Crippen molar-refractivity contribution in [3.63, 3.8) is 0 Å². The van der Waals surface area contributed by atoms with Gasteiger partial charge in [-0.2, -0.15) is 5.10 Å². The minimum absolute atomic E-state index is 0.573. The fraction of sp³-hybridized carbons (Fsp3) is 0.333. The molecule has 1 aromatic heterocycles. The second-order valence-electron chi connectivity index (χ2n) is 4.94. The van der Waals surface area contributed by atoms with Gasteiger partial charge in [0.2, 0.25) is 0 Å². The molecule has 6 heteroatoms. The predicted molar refractivity (Wildman–Crippen MR) is 91.8 cm³/mol. The normalized spacial score (nSPS) is 10.5. The van der Waals surface area contributed by atoms with Crippen LogP contribution in [0.15, 0.2) is 30.5 Å². The first kappa shape index (κ1) is 15.8. The quantitative estimate of drug-likeness (QED) is 0.870. The van der Waals surface area contributed by atoms with Crippen LogP contribution in [0.1, 0.15) is 18.2 Å². The van der Waals surface area contributed by atoms with Gasteiger partial charge in [0.15, 0.2) is 5.11 Å². The molecule has 1 aromatic carbocycles. The molecular formula is C15H19ClN4S. The van der Waals surface area contributed by atoms with Gasteiger partial charge in [0.1, 0.15) is 5.69 Å². The van der Waals surface area contributed by atoms with Crippen LogP contribution in [0.2, 0.25) is 5.02 Å². The van der Waals surface area contributed by atoms with Crippen LogP contribution < -0.4 is 5.32 Å². The Morgan fingerprint density at radius 2 is 2.24 bits per heavy atom. The van der Waals surface area contributed by atoms with E-state index in [-0.39, 0.29) is 0 Å². The van der Waals surface area contributed by atoms with E-state index in [1.165, 1.54) is 5.56 Å². The Bertz CT molecular complexity index is 638. The molecule has 112 valence electrons. The average molecular weight is 323 g/mol. The standard InChI is InChI=1S/C15H19ClN4S/c1-4-20-9-13(16)14(18-20)10-19(3)15(21)17-12-7-5-6-11(2)8-12/h5-9H,4,10H2,1-3H3,(H,17,21). The van der Waals surface area contributed by atoms with Crippen LogP contribution in [-0.4, -0.2) is 26.8 Å². The number of rotatable bonds is 4. The summed E-state index contributed by atoms with van der Waals surface area (Å²) in [7, 11) is 1.92. The summed E-state index contributed by atoms with van der Waals surface area (Å²) < 4.78 is 1.82. The van der Waals surface area contributed by atoms with E-state index in [2.05, 4.69) is 29.5 Å². The number of nitrogens with zero attached hydrogens (tertiary/aromatic N) is 3. The summed E-state index contributed by atoms with van der Waals surface area (Å²) in [4.78, 5) is 1.92. The zero-order valence-electron chi connectivity index (χ0n) is 12.4. The highest BCUT2D eigenvalue weighted by Gasteiger charge is 2.11. The van der Waals surface area contributed by atoms with Crippen molar-refractivity contribution in [3.8, 4) is 0 Å². The van der Waals surface area contributed by atoms with Crippen molar-refractivity contribution in [2.75, 3.05) is 12.4 Å². The first-order chi connectivity index (χ1) is 9.99. The van der Waals surface area contributed by atoms with Gasteiger partial charge in [-0.25, -0.2) is 0 Å². The molecule has 0 radical (unpaired) electrons. The number of benzene rings is 1. The maximum Gasteiger partial charge on any atom is 0.173 e. The van der Waals surface area contributed by atoms with Gasteiger partial charge >= 0.3 is 0 Å². The molecule has 4 nitrogen and oxygen atoms in total. The lowest BCUT2D eigenvalue weighted by atomic mass is 10.2. The monoisotopic (exact) mass is 322 g/mol. The van der Waals surface area contributed by atoms with Crippen LogP contribution in [0.3, 0.4) is 0 Å². The molecule has 2 aromatic rings. The molecule has 0 unspecified atom stereocenters. The molecule has 0 bridgehead atoms. The molecule has 0 aliphatic rings. The summed E-state index contributed by atoms with van der Waals surface area (Å²) in [6, 6.07) is 8.10. The van der Waals surface area contributed by atoms with Crippen molar-refractivity contribution in [1.29, 1.82) is 0 Å². The number of halogens is 1. The van der Waals surface area contributed by atoms with E-state index < -0.39 is 0 Å². The smallest absolute Gasteiger partial charge is 0.173 e. The second kappa shape index (κ2) is 6.91. The molecule has 0 atom stereocenters. The summed E-state index contributed by atoms with van der Waals surface area (Å²) in [5.41, 5.74) is 3.00. The Kier molecular flexibility index (Phi) is 5.20. The van der Waals surface area contributed by atoms with Crippen LogP contribution in [0, 0.1) is 6.92 Å². The third kappa shape index (κ3) is 4.19. The number of aromatic nitrogens is 2. The first-order valence-corrected chi connectivity index (χ1v) is 7.59. The lowest BCUT2D eigenvalue weighted by Gasteiger charge is -2.20. The van der Waals surface area contributed by atoms with E-state index in [1.54, 1.807) is 0 Å². The average Bonchev–Trinajstić information content (AvgIpc) is 2.79. The van der Waals surface area contributed by atoms with Gasteiger partial charge in [0.25, 0.3) is 0 Å². The van der Waals surface area contributed by atoms with E-state index in [9.17, 15) is 0 Å². The minimum Gasteiger partial charge on any atom is -0.346 e. The summed E-state index contributed by atoms with van der Waals surface area (Å²) in [5.74, 6) is 0. The Morgan fingerprint density at radius 3 is 2.86 bits per heavy atom. The fourth-order valence-corrected chi connectivity index (χ4v) is 2.34. The predicted octanol–water partition coefficient (Wildman–Crippen LogP) is 3.69. The molecule has 0 aliphatic heterocycles. The first-order valence-electron chi connectivity index (χ1n) is 6.80. The van der Waals surface area contributed by atoms with Gasteiger partial charge in [-0.15, -0.1) is 0 Å². The number of thiocarbonyl (C=S) groups is 1. The molecule has 0 saturated carbocycles. The highest BCUT2D eigenvalue weighted by atomic mass is 35.5. The Hall–Kier alpha value is -1.59. The van der Waals surface area contributed by atoms with Crippen LogP contribution in [0.5, 0.6) is 0 Å². The van der Waals surface area contributed by atoms with Crippen molar-refractivity contribution < 1.29 is 0 Å². The van der Waals surface area contributed by atoms with Crippen LogP contribution in [-0.2, 0) is 13.1 Å². The zero-order valence-corrected chi connectivity index (χ0v) is 14.0. The Morgan fingerprint density at radius 1 is 1.48 bits per heavy atom. The van der Waals surface area contributed by atoms with Gasteiger partial charge in [-0.05, 0) is 43.8 Å². The molecule has 0 spiro atoms. The largest absolute Gasteiger partial charge is 0.346 e. The lowest BCUT2D eigenvalue weighted by Crippen LogP contribution is -2.30. The number of anilines is 1. The highest BCUT2D eigenvalue weighted by Crippen LogP contribution is 2.16. The second-order valence-corrected chi connectivity index (χ2v) is 5.73. The molecule has 2 rings (SSSR count). The summed E-state index contributed by atoms with van der Waals surface area (Å²) in [6.45, 7) is 5.45. The van der Waals surface area contributed by atoms with Crippen molar-refractivity contribution in [2.24, 2.45) is 0 Å². The van der Waals surface area contributed by atoms with E-state index in [0.717, 1.165) is 17.9 Å². The number of hydrogen-bond donors (Lipinski definition) is 1. The van der Waals surface area contributed by atoms with Gasteiger partial charge in [-0.3, -0.25) is 4.68 Å². The zero-order chi connectivity index (χ0) is 15.4. The van der Waals surface area contributed by atoms with Crippen LogP contribution in [0.4, 0.5) is 5.69 Å². The topological polar surface area (TPSA) is 33.1 Å². The van der Waals surface area contributed by atoms with E-state index in [0.29, 0.717) is 16.7 Å². The van der Waals surface area contributed by atoms with E-state index >= 15 is 0 Å². The van der Waals surface area contributed by atoms with Gasteiger partial charge < -0.3 is 10.2 Å². The Balaban J connectivity index is 2.00. The van der Waals surface area contributed by atoms with Gasteiger partial charge in [0.05, 0.1) is 11.6 Å². The van der Waals surface area contributed by atoms with Crippen LogP contribution in [0.25, 0.3) is 0 Å². The maximum atomic E-state index is 6.18. The third-order valence-electron chi connectivity index (χ3n) is 3.11. The van der Waals surface area contributed by atoms with E-state index in [1.807, 2.05) is 41.9 Å². The van der Waals surface area contributed by atoms with E-state index in [4.69, 9.17) is 23.8 Å². The molecule has 0 amide bonds. The number of hydrogen-bond acceptors (Lipinski definition) is 2. The van der Waals surface area contributed by atoms with Gasteiger partial charge in [-0.1, -0.05) is 23.7 Å². The highest BCUT2D eigenvalue weighted by molar-refractivity contribution is 7.80. The number of aryl methyl sites for hydroxylation is 2. The van der Waals surface area contributed by atoms with Crippen molar-refractivity contribution in [2.45, 2.75) is 26.9 Å². The Labute approximate surface area is 135 Å². The maximum absolute atomic E-state index is 6.18. The summed E-state index contributed by atoms with van der Waals surface area (Å²) >= 11 is 11.6. The molecule has 0 aliphatic carbocycles. The van der Waals surface area contributed by atoms with Gasteiger partial charge in [0, 0.05) is 25.5 Å². The van der Waals surface area contributed by atoms with Crippen molar-refractivity contribution in [3.05, 3.63) is 46.7 Å². The molecule has 1 heterocycles. The molecular weight excluding hydrogens is 304 g/mol. The summed E-state index contributed by atoms with van der Waals surface area (Å²) in [5, 5.41) is 8.96. The number of nitrogens with one attached hydrogen (secondary N) is 1. The molecule has 0 fully saturated rings. The fourth-order valence-electron chi connectivity index (χ4n) is 1.94. The third-order valence-corrected chi connectivity index (χ3v) is 3.84. The van der Waals surface area contributed by atoms with Crippen molar-refractivity contribution in [1.82, 2.24) is 14.7 Å². The van der Waals surface area contributed by atoms with Crippen LogP contribution >= 0.6 is 23.8 Å². The SMILES string of the molecule is CCn1cc(Cl)c(CN(C)C(=S)Nc2cccc(C)c2)n1. The van der Waals surface area contributed by atoms with Crippen molar-refractivity contribution >= 4 is 34.6 Å². The minimum atomic E-state index is 0.573. The summed E-state index contributed by atoms with van der Waals surface area (Å²) in [6.07, 6.45) is 1.84. The molecule has 1 N–H and O–H groups in total. The lowest BCUT2D eigenvalue weighted by molar-refractivity contribution is 0.492. The molecule has 21 heavy (non-hydrogen) atoms.